The monoisotopic (exact) mass is 324 g/mol. The number of rotatable bonds is 4. The lowest BCUT2D eigenvalue weighted by Gasteiger charge is -2.22. The van der Waals surface area contributed by atoms with Gasteiger partial charge < -0.3 is 15.1 Å². The third-order valence-corrected chi connectivity index (χ3v) is 3.51. The summed E-state index contributed by atoms with van der Waals surface area (Å²) in [4.78, 5) is 2.47. The van der Waals surface area contributed by atoms with Crippen molar-refractivity contribution in [3.8, 4) is 0 Å². The fourth-order valence-corrected chi connectivity index (χ4v) is 2.73. The molecule has 0 saturated heterocycles. The highest BCUT2D eigenvalue weighted by Crippen LogP contribution is 2.28. The van der Waals surface area contributed by atoms with Gasteiger partial charge in [0.25, 0.3) is 0 Å². The molecule has 5 heteroatoms. The van der Waals surface area contributed by atoms with E-state index in [1.54, 1.807) is 12.5 Å². The molecule has 0 saturated carbocycles. The van der Waals surface area contributed by atoms with E-state index in [-0.39, 0.29) is 0 Å². The molecule has 94 valence electrons. The second kappa shape index (κ2) is 5.54. The van der Waals surface area contributed by atoms with Crippen LogP contribution in [0.2, 0.25) is 0 Å². The minimum absolute atomic E-state index is 0.386. The minimum atomic E-state index is 0.386. The second-order valence-electron chi connectivity index (χ2n) is 3.99. The molecule has 0 aliphatic rings. The van der Waals surface area contributed by atoms with Gasteiger partial charge in [0.2, 0.25) is 0 Å². The summed E-state index contributed by atoms with van der Waals surface area (Å²) in [6, 6.07) is 7.84. The molecule has 2 rings (SSSR count). The Morgan fingerprint density at radius 1 is 1.44 bits per heavy atom. The molecule has 0 aliphatic heterocycles. The molecule has 0 atom stereocenters. The first-order valence-electron chi connectivity index (χ1n) is 5.40. The van der Waals surface area contributed by atoms with E-state index in [1.165, 1.54) is 0 Å². The predicted molar refractivity (Wildman–Crippen MR) is 80.8 cm³/mol. The van der Waals surface area contributed by atoms with E-state index < -0.39 is 0 Å². The fourth-order valence-electron chi connectivity index (χ4n) is 1.82. The number of nitrogens with two attached hydrogens (primary N) is 1. The van der Waals surface area contributed by atoms with Gasteiger partial charge >= 0.3 is 0 Å². The van der Waals surface area contributed by atoms with Crippen LogP contribution in [0, 0.1) is 0 Å². The fraction of sp³-hybridized carbons (Fsp3) is 0.154. The van der Waals surface area contributed by atoms with E-state index in [4.69, 9.17) is 22.4 Å². The van der Waals surface area contributed by atoms with E-state index in [0.29, 0.717) is 4.99 Å². The Kier molecular flexibility index (Phi) is 4.04. The smallest absolute Gasteiger partial charge is 0.107 e. The summed E-state index contributed by atoms with van der Waals surface area (Å²) < 4.78 is 5.98. The number of hydrogen-bond acceptors (Lipinski definition) is 3. The maximum absolute atomic E-state index is 5.78. The van der Waals surface area contributed by atoms with Gasteiger partial charge in [0.1, 0.15) is 4.99 Å². The summed E-state index contributed by atoms with van der Waals surface area (Å²) in [7, 11) is 2.00. The molecular formula is C13H13BrN2OS. The van der Waals surface area contributed by atoms with E-state index in [0.717, 1.165) is 27.8 Å². The van der Waals surface area contributed by atoms with Gasteiger partial charge in [0.05, 0.1) is 12.5 Å². The first-order valence-corrected chi connectivity index (χ1v) is 6.60. The van der Waals surface area contributed by atoms with Gasteiger partial charge in [-0.15, -0.1) is 0 Å². The molecule has 2 aromatic rings. The van der Waals surface area contributed by atoms with Crippen molar-refractivity contribution in [2.75, 3.05) is 11.9 Å². The minimum Gasteiger partial charge on any atom is -0.472 e. The molecule has 0 unspecified atom stereocenters. The number of nitrogens with zero attached hydrogens (tertiary/aromatic N) is 1. The Morgan fingerprint density at radius 2 is 2.22 bits per heavy atom. The zero-order chi connectivity index (χ0) is 13.1. The molecule has 2 N–H and O–H groups in total. The van der Waals surface area contributed by atoms with Crippen molar-refractivity contribution < 1.29 is 4.42 Å². The lowest BCUT2D eigenvalue weighted by atomic mass is 10.1. The van der Waals surface area contributed by atoms with Crippen LogP contribution in [0.15, 0.2) is 45.7 Å². The van der Waals surface area contributed by atoms with Crippen molar-refractivity contribution in [1.29, 1.82) is 0 Å². The largest absolute Gasteiger partial charge is 0.472 e. The van der Waals surface area contributed by atoms with Crippen LogP contribution in [0.5, 0.6) is 0 Å². The van der Waals surface area contributed by atoms with Gasteiger partial charge in [0.15, 0.2) is 0 Å². The first kappa shape index (κ1) is 13.1. The maximum Gasteiger partial charge on any atom is 0.107 e. The molecule has 1 aromatic carbocycles. The molecule has 1 aromatic heterocycles. The third-order valence-electron chi connectivity index (χ3n) is 2.65. The van der Waals surface area contributed by atoms with Crippen molar-refractivity contribution >= 4 is 38.8 Å². The molecule has 0 amide bonds. The average molecular weight is 325 g/mol. The summed E-state index contributed by atoms with van der Waals surface area (Å²) in [6.07, 6.45) is 3.40. The van der Waals surface area contributed by atoms with Crippen LogP contribution < -0.4 is 10.6 Å². The quantitative estimate of drug-likeness (QED) is 0.876. The van der Waals surface area contributed by atoms with Gasteiger partial charge in [-0.3, -0.25) is 0 Å². The Hall–Kier alpha value is -1.33. The number of anilines is 1. The molecule has 18 heavy (non-hydrogen) atoms. The van der Waals surface area contributed by atoms with Crippen LogP contribution in [0.3, 0.4) is 0 Å². The Morgan fingerprint density at radius 3 is 2.83 bits per heavy atom. The van der Waals surface area contributed by atoms with Crippen LogP contribution in [0.4, 0.5) is 5.69 Å². The van der Waals surface area contributed by atoms with Crippen LogP contribution in [0.25, 0.3) is 0 Å². The van der Waals surface area contributed by atoms with Crippen molar-refractivity contribution in [2.24, 2.45) is 5.73 Å². The Balaban J connectivity index is 2.32. The van der Waals surface area contributed by atoms with Gasteiger partial charge in [-0.2, -0.15) is 0 Å². The lowest BCUT2D eigenvalue weighted by molar-refractivity contribution is 0.563. The summed E-state index contributed by atoms with van der Waals surface area (Å²) in [5, 5.41) is 0. The number of thiocarbonyl (C=S) groups is 1. The van der Waals surface area contributed by atoms with E-state index in [2.05, 4.69) is 20.8 Å². The zero-order valence-electron chi connectivity index (χ0n) is 9.89. The number of benzene rings is 1. The van der Waals surface area contributed by atoms with Crippen LogP contribution >= 0.6 is 28.1 Å². The number of hydrogen-bond donors (Lipinski definition) is 1. The van der Waals surface area contributed by atoms with Gasteiger partial charge in [-0.1, -0.05) is 18.3 Å². The topological polar surface area (TPSA) is 42.4 Å². The lowest BCUT2D eigenvalue weighted by Crippen LogP contribution is -2.21. The summed E-state index contributed by atoms with van der Waals surface area (Å²) in [5.41, 5.74) is 8.74. The average Bonchev–Trinajstić information content (AvgIpc) is 2.80. The van der Waals surface area contributed by atoms with Crippen LogP contribution in [-0.2, 0) is 6.54 Å². The van der Waals surface area contributed by atoms with Crippen molar-refractivity contribution in [3.63, 3.8) is 0 Å². The maximum atomic E-state index is 5.78. The number of halogens is 1. The zero-order valence-corrected chi connectivity index (χ0v) is 12.3. The van der Waals surface area contributed by atoms with Crippen molar-refractivity contribution in [3.05, 3.63) is 52.4 Å². The van der Waals surface area contributed by atoms with Crippen molar-refractivity contribution in [2.45, 2.75) is 6.54 Å². The number of furan rings is 1. The third kappa shape index (κ3) is 2.73. The standard InChI is InChI=1S/C13H13BrN2OS/c1-16(7-9-5-6-17-8-9)11-4-2-3-10(14)12(11)13(15)18/h2-6,8H,7H2,1H3,(H2,15,18). The molecular weight excluding hydrogens is 312 g/mol. The van der Waals surface area contributed by atoms with Crippen molar-refractivity contribution in [1.82, 2.24) is 0 Å². The van der Waals surface area contributed by atoms with E-state index >= 15 is 0 Å². The van der Waals surface area contributed by atoms with Gasteiger partial charge in [-0.05, 0) is 34.1 Å². The molecule has 0 spiro atoms. The van der Waals surface area contributed by atoms with Crippen LogP contribution in [-0.4, -0.2) is 12.0 Å². The molecule has 3 nitrogen and oxygen atoms in total. The normalized spacial score (nSPS) is 10.3. The first-order chi connectivity index (χ1) is 8.59. The molecule has 0 aliphatic carbocycles. The molecule has 0 fully saturated rings. The predicted octanol–water partition coefficient (Wildman–Crippen LogP) is 3.31. The SMILES string of the molecule is CN(Cc1ccoc1)c1cccc(Br)c1C(N)=S. The summed E-state index contributed by atoms with van der Waals surface area (Å²) in [6.45, 7) is 0.739. The van der Waals surface area contributed by atoms with E-state index in [9.17, 15) is 0 Å². The van der Waals surface area contributed by atoms with E-state index in [1.807, 2.05) is 31.3 Å². The molecule has 0 radical (unpaired) electrons. The summed E-state index contributed by atoms with van der Waals surface area (Å²) >= 11 is 8.59. The summed E-state index contributed by atoms with van der Waals surface area (Å²) in [5.74, 6) is 0. The van der Waals surface area contributed by atoms with Gasteiger partial charge in [0, 0.05) is 34.9 Å². The molecule has 0 bridgehead atoms. The second-order valence-corrected chi connectivity index (χ2v) is 5.28. The highest BCUT2D eigenvalue weighted by Gasteiger charge is 2.13. The van der Waals surface area contributed by atoms with Crippen LogP contribution in [0.1, 0.15) is 11.1 Å². The molecule has 1 heterocycles. The highest BCUT2D eigenvalue weighted by molar-refractivity contribution is 9.10. The Labute approximate surface area is 120 Å². The highest BCUT2D eigenvalue weighted by atomic mass is 79.9. The van der Waals surface area contributed by atoms with Gasteiger partial charge in [-0.25, -0.2) is 0 Å². The Bertz CT molecular complexity index is 554.